The fraction of sp³-hybridized carbons (Fsp3) is 0.909. The number of carbonyl (C=O) groups excluding carboxylic acids is 1. The van der Waals surface area contributed by atoms with Gasteiger partial charge in [-0.1, -0.05) is 0 Å². The number of nitrogens with two attached hydrogens (primary N) is 1. The maximum Gasteiger partial charge on any atom is 0.252 e. The highest BCUT2D eigenvalue weighted by atomic mass is 32.2. The summed E-state index contributed by atoms with van der Waals surface area (Å²) >= 11 is 1.56. The minimum absolute atomic E-state index is 0.0789. The number of hydrogen-bond acceptors (Lipinski definition) is 6. The van der Waals surface area contributed by atoms with Crippen LogP contribution in [0.3, 0.4) is 0 Å². The highest BCUT2D eigenvalue weighted by Crippen LogP contribution is 2.26. The van der Waals surface area contributed by atoms with E-state index in [0.29, 0.717) is 25.3 Å². The van der Waals surface area contributed by atoms with E-state index in [1.807, 2.05) is 0 Å². The quantitative estimate of drug-likeness (QED) is 0.751. The molecule has 0 saturated carbocycles. The molecule has 0 aromatic heterocycles. The third kappa shape index (κ3) is 3.42. The van der Waals surface area contributed by atoms with Gasteiger partial charge in [0.1, 0.15) is 11.5 Å². The first-order chi connectivity index (χ1) is 8.93. The minimum Gasteiger partial charge on any atom is -0.364 e. The molecule has 3 unspecified atom stereocenters. The van der Waals surface area contributed by atoms with Crippen LogP contribution in [0.1, 0.15) is 12.8 Å². The molecule has 8 heteroatoms. The van der Waals surface area contributed by atoms with Crippen LogP contribution in [-0.2, 0) is 19.4 Å². The zero-order valence-electron chi connectivity index (χ0n) is 10.9. The lowest BCUT2D eigenvalue weighted by molar-refractivity contribution is -0.143. The molecule has 2 saturated heterocycles. The maximum absolute atomic E-state index is 12.4. The molecule has 110 valence electrons. The van der Waals surface area contributed by atoms with Crippen LogP contribution in [0.2, 0.25) is 0 Å². The second-order valence-electron chi connectivity index (χ2n) is 4.95. The predicted octanol–water partition coefficient (Wildman–Crippen LogP) is -0.561. The molecule has 2 aliphatic rings. The Kier molecular flexibility index (Phi) is 4.75. The molecule has 2 aliphatic heterocycles. The van der Waals surface area contributed by atoms with Gasteiger partial charge in [-0.15, -0.1) is 0 Å². The Morgan fingerprint density at radius 3 is 2.79 bits per heavy atom. The van der Waals surface area contributed by atoms with E-state index in [1.165, 1.54) is 11.2 Å². The van der Waals surface area contributed by atoms with E-state index in [9.17, 15) is 13.2 Å². The topological polar surface area (TPSA) is 89.7 Å². The summed E-state index contributed by atoms with van der Waals surface area (Å²) in [5.41, 5.74) is 5.52. The Bertz CT molecular complexity index is 440. The Hall–Kier alpha value is -0.310. The van der Waals surface area contributed by atoms with Gasteiger partial charge in [-0.05, 0) is 12.8 Å². The van der Waals surface area contributed by atoms with Gasteiger partial charge in [-0.25, -0.2) is 8.42 Å². The Morgan fingerprint density at radius 2 is 2.21 bits per heavy atom. The lowest BCUT2D eigenvalue weighted by atomic mass is 10.2. The molecule has 0 aliphatic carbocycles. The standard InChI is InChI=1S/C11H20N2O4S2/c1-19(15,16)10-7-18-5-4-13(10)11(14)9-3-2-8(6-12)17-9/h8-10H,2-7,12H2,1H3. The van der Waals surface area contributed by atoms with Crippen LogP contribution in [0.4, 0.5) is 0 Å². The molecule has 1 amide bonds. The van der Waals surface area contributed by atoms with Gasteiger partial charge in [0.15, 0.2) is 9.84 Å². The van der Waals surface area contributed by atoms with Crippen LogP contribution < -0.4 is 5.73 Å². The first-order valence-electron chi connectivity index (χ1n) is 6.36. The van der Waals surface area contributed by atoms with E-state index in [1.54, 1.807) is 11.8 Å². The molecular formula is C11H20N2O4S2. The average Bonchev–Trinajstić information content (AvgIpc) is 2.85. The number of ether oxygens (including phenoxy) is 1. The summed E-state index contributed by atoms with van der Waals surface area (Å²) < 4.78 is 29.1. The SMILES string of the molecule is CS(=O)(=O)C1CSCCN1C(=O)C1CCC(CN)O1. The van der Waals surface area contributed by atoms with E-state index >= 15 is 0 Å². The number of hydrogen-bond donors (Lipinski definition) is 1. The highest BCUT2D eigenvalue weighted by Gasteiger charge is 2.39. The van der Waals surface area contributed by atoms with E-state index in [-0.39, 0.29) is 12.0 Å². The molecule has 0 aromatic carbocycles. The van der Waals surface area contributed by atoms with Crippen molar-refractivity contribution in [2.45, 2.75) is 30.4 Å². The number of amides is 1. The molecule has 0 aromatic rings. The van der Waals surface area contributed by atoms with Crippen LogP contribution in [-0.4, -0.2) is 67.7 Å². The normalized spacial score (nSPS) is 32.5. The zero-order valence-corrected chi connectivity index (χ0v) is 12.6. The van der Waals surface area contributed by atoms with E-state index < -0.39 is 21.3 Å². The Balaban J connectivity index is 2.08. The molecule has 2 rings (SSSR count). The molecule has 2 N–H and O–H groups in total. The molecule has 2 heterocycles. The van der Waals surface area contributed by atoms with E-state index in [4.69, 9.17) is 10.5 Å². The van der Waals surface area contributed by atoms with Crippen molar-refractivity contribution >= 4 is 27.5 Å². The Morgan fingerprint density at radius 1 is 1.47 bits per heavy atom. The summed E-state index contributed by atoms with van der Waals surface area (Å²) in [6.07, 6.45) is 1.97. The monoisotopic (exact) mass is 308 g/mol. The van der Waals surface area contributed by atoms with E-state index in [2.05, 4.69) is 0 Å². The molecule has 3 atom stereocenters. The molecule has 2 fully saturated rings. The van der Waals surface area contributed by atoms with Crippen molar-refractivity contribution in [3.63, 3.8) is 0 Å². The first-order valence-corrected chi connectivity index (χ1v) is 9.47. The van der Waals surface area contributed by atoms with Gasteiger partial charge in [-0.3, -0.25) is 4.79 Å². The molecule has 0 spiro atoms. The van der Waals surface area contributed by atoms with Gasteiger partial charge in [0.25, 0.3) is 5.91 Å². The molecule has 6 nitrogen and oxygen atoms in total. The van der Waals surface area contributed by atoms with Gasteiger partial charge in [0.05, 0.1) is 6.10 Å². The summed E-state index contributed by atoms with van der Waals surface area (Å²) in [5.74, 6) is 1.01. The van der Waals surface area contributed by atoms with Gasteiger partial charge in [0, 0.05) is 30.9 Å². The Labute approximate surface area is 118 Å². The highest BCUT2D eigenvalue weighted by molar-refractivity contribution is 8.00. The zero-order chi connectivity index (χ0) is 14.0. The van der Waals surface area contributed by atoms with Crippen LogP contribution in [0.5, 0.6) is 0 Å². The third-order valence-corrected chi connectivity index (χ3v) is 6.15. The van der Waals surface area contributed by atoms with E-state index in [0.717, 1.165) is 12.2 Å². The lowest BCUT2D eigenvalue weighted by Gasteiger charge is -2.35. The molecule has 0 radical (unpaired) electrons. The van der Waals surface area contributed by atoms with Crippen molar-refractivity contribution in [2.24, 2.45) is 5.73 Å². The fourth-order valence-electron chi connectivity index (χ4n) is 2.43. The van der Waals surface area contributed by atoms with Gasteiger partial charge in [-0.2, -0.15) is 11.8 Å². The third-order valence-electron chi connectivity index (χ3n) is 3.51. The van der Waals surface area contributed by atoms with Crippen molar-refractivity contribution < 1.29 is 17.9 Å². The number of sulfone groups is 1. The van der Waals surface area contributed by atoms with Crippen molar-refractivity contribution in [1.29, 1.82) is 0 Å². The molecular weight excluding hydrogens is 288 g/mol. The summed E-state index contributed by atoms with van der Waals surface area (Å²) in [4.78, 5) is 13.9. The van der Waals surface area contributed by atoms with Gasteiger partial charge >= 0.3 is 0 Å². The minimum atomic E-state index is -3.26. The lowest BCUT2D eigenvalue weighted by Crippen LogP contribution is -2.53. The largest absolute Gasteiger partial charge is 0.364 e. The molecule has 0 bridgehead atoms. The number of nitrogens with zero attached hydrogens (tertiary/aromatic N) is 1. The van der Waals surface area contributed by atoms with Crippen LogP contribution in [0.25, 0.3) is 0 Å². The second kappa shape index (κ2) is 5.99. The summed E-state index contributed by atoms with van der Waals surface area (Å²) in [7, 11) is -3.26. The maximum atomic E-state index is 12.4. The average molecular weight is 308 g/mol. The predicted molar refractivity (Wildman–Crippen MR) is 74.6 cm³/mol. The van der Waals surface area contributed by atoms with Crippen LogP contribution >= 0.6 is 11.8 Å². The van der Waals surface area contributed by atoms with Crippen molar-refractivity contribution in [1.82, 2.24) is 4.90 Å². The smallest absolute Gasteiger partial charge is 0.252 e. The summed E-state index contributed by atoms with van der Waals surface area (Å²) in [6.45, 7) is 0.865. The number of carbonyl (C=O) groups is 1. The van der Waals surface area contributed by atoms with Crippen molar-refractivity contribution in [2.75, 3.05) is 30.9 Å². The molecule has 19 heavy (non-hydrogen) atoms. The number of rotatable bonds is 3. The second-order valence-corrected chi connectivity index (χ2v) is 8.30. The van der Waals surface area contributed by atoms with Crippen LogP contribution in [0, 0.1) is 0 Å². The van der Waals surface area contributed by atoms with Crippen LogP contribution in [0.15, 0.2) is 0 Å². The summed E-state index contributed by atoms with van der Waals surface area (Å²) in [6, 6.07) is 0. The van der Waals surface area contributed by atoms with Gasteiger partial charge < -0.3 is 15.4 Å². The van der Waals surface area contributed by atoms with Crippen molar-refractivity contribution in [3.05, 3.63) is 0 Å². The fourth-order valence-corrected chi connectivity index (χ4v) is 5.26. The van der Waals surface area contributed by atoms with Gasteiger partial charge in [0.2, 0.25) is 0 Å². The summed E-state index contributed by atoms with van der Waals surface area (Å²) in [5, 5.41) is -0.723. The number of thioether (sulfide) groups is 1. The van der Waals surface area contributed by atoms with Crippen molar-refractivity contribution in [3.8, 4) is 0 Å². The first kappa shape index (κ1) is 15.1.